The van der Waals surface area contributed by atoms with Crippen LogP contribution in [0.2, 0.25) is 0 Å². The molecule has 0 aliphatic carbocycles. The quantitative estimate of drug-likeness (QED) is 0.625. The molecule has 0 aliphatic rings. The first kappa shape index (κ1) is 13.8. The van der Waals surface area contributed by atoms with E-state index in [-0.39, 0.29) is 0 Å². The Morgan fingerprint density at radius 2 is 1.75 bits per heavy atom. The Hall–Kier alpha value is -2.60. The number of hydrogen-bond donors (Lipinski definition) is 0. The summed E-state index contributed by atoms with van der Waals surface area (Å²) in [6.07, 6.45) is 2.11. The van der Waals surface area contributed by atoms with Crippen molar-refractivity contribution < 1.29 is 9.53 Å². The second kappa shape index (κ2) is 6.53. The average molecular weight is 265 g/mol. The van der Waals surface area contributed by atoms with Crippen LogP contribution in [-0.2, 0) is 6.42 Å². The van der Waals surface area contributed by atoms with Crippen LogP contribution < -0.4 is 4.74 Å². The molecule has 20 heavy (non-hydrogen) atoms. The largest absolute Gasteiger partial charge is 0.423 e. The molecule has 2 aromatic rings. The van der Waals surface area contributed by atoms with E-state index in [9.17, 15) is 4.79 Å². The van der Waals surface area contributed by atoms with Crippen molar-refractivity contribution in [2.75, 3.05) is 0 Å². The summed E-state index contributed by atoms with van der Waals surface area (Å²) in [6.45, 7) is 2.12. The van der Waals surface area contributed by atoms with Crippen LogP contribution in [0.3, 0.4) is 0 Å². The molecule has 3 heteroatoms. The number of nitriles is 1. The van der Waals surface area contributed by atoms with Gasteiger partial charge in [0.25, 0.3) is 0 Å². The summed E-state index contributed by atoms with van der Waals surface area (Å²) >= 11 is 0. The number of hydrogen-bond acceptors (Lipinski definition) is 3. The Morgan fingerprint density at radius 3 is 2.30 bits per heavy atom. The molecule has 0 spiro atoms. The number of aryl methyl sites for hydroxylation is 1. The highest BCUT2D eigenvalue weighted by Crippen LogP contribution is 2.15. The standard InChI is InChI=1S/C17H15NO2/c1-2-3-13-6-10-16(11-7-13)20-17(19)15-8-4-14(12-18)5-9-15/h4-11H,2-3H2,1H3. The van der Waals surface area contributed by atoms with E-state index in [0.717, 1.165) is 12.8 Å². The number of nitrogens with zero attached hydrogens (tertiary/aromatic N) is 1. The lowest BCUT2D eigenvalue weighted by molar-refractivity contribution is 0.0734. The van der Waals surface area contributed by atoms with E-state index in [2.05, 4.69) is 6.92 Å². The summed E-state index contributed by atoms with van der Waals surface area (Å²) in [4.78, 5) is 11.9. The van der Waals surface area contributed by atoms with Gasteiger partial charge in [-0.15, -0.1) is 0 Å². The molecule has 2 rings (SSSR count). The smallest absolute Gasteiger partial charge is 0.343 e. The van der Waals surface area contributed by atoms with Gasteiger partial charge in [-0.2, -0.15) is 5.26 Å². The van der Waals surface area contributed by atoms with Gasteiger partial charge in [0.05, 0.1) is 17.2 Å². The van der Waals surface area contributed by atoms with Gasteiger partial charge in [0.2, 0.25) is 0 Å². The zero-order valence-electron chi connectivity index (χ0n) is 11.3. The topological polar surface area (TPSA) is 50.1 Å². The van der Waals surface area contributed by atoms with Crippen molar-refractivity contribution in [1.29, 1.82) is 5.26 Å². The Morgan fingerprint density at radius 1 is 1.10 bits per heavy atom. The summed E-state index contributed by atoms with van der Waals surface area (Å²) < 4.78 is 5.29. The first-order valence-corrected chi connectivity index (χ1v) is 6.54. The monoisotopic (exact) mass is 265 g/mol. The number of carbonyl (C=O) groups is 1. The third kappa shape index (κ3) is 3.46. The van der Waals surface area contributed by atoms with Gasteiger partial charge in [-0.1, -0.05) is 25.5 Å². The highest BCUT2D eigenvalue weighted by molar-refractivity contribution is 5.91. The first-order valence-electron chi connectivity index (χ1n) is 6.54. The van der Waals surface area contributed by atoms with Crippen molar-refractivity contribution >= 4 is 5.97 Å². The van der Waals surface area contributed by atoms with Crippen LogP contribution in [0, 0.1) is 11.3 Å². The minimum absolute atomic E-state index is 0.419. The number of carbonyl (C=O) groups excluding carboxylic acids is 1. The normalized spacial score (nSPS) is 9.80. The Balaban J connectivity index is 2.05. The maximum atomic E-state index is 11.9. The summed E-state index contributed by atoms with van der Waals surface area (Å²) in [5.41, 5.74) is 2.18. The van der Waals surface area contributed by atoms with E-state index in [4.69, 9.17) is 10.00 Å². The fraction of sp³-hybridized carbons (Fsp3) is 0.176. The highest BCUT2D eigenvalue weighted by atomic mass is 16.5. The van der Waals surface area contributed by atoms with E-state index >= 15 is 0 Å². The van der Waals surface area contributed by atoms with E-state index in [1.807, 2.05) is 18.2 Å². The molecule has 2 aromatic carbocycles. The maximum absolute atomic E-state index is 11.9. The van der Waals surface area contributed by atoms with Gasteiger partial charge in [-0.25, -0.2) is 4.79 Å². The molecule has 0 heterocycles. The summed E-state index contributed by atoms with van der Waals surface area (Å²) in [5, 5.41) is 8.71. The van der Waals surface area contributed by atoms with E-state index < -0.39 is 5.97 Å². The average Bonchev–Trinajstić information content (AvgIpc) is 2.49. The fourth-order valence-corrected chi connectivity index (χ4v) is 1.86. The van der Waals surface area contributed by atoms with Crippen molar-refractivity contribution in [3.8, 4) is 11.8 Å². The predicted octanol–water partition coefficient (Wildman–Crippen LogP) is 3.73. The number of rotatable bonds is 4. The lowest BCUT2D eigenvalue weighted by Crippen LogP contribution is -2.08. The van der Waals surface area contributed by atoms with Crippen molar-refractivity contribution in [3.05, 3.63) is 65.2 Å². The molecule has 0 aromatic heterocycles. The molecule has 0 fully saturated rings. The van der Waals surface area contributed by atoms with Gasteiger partial charge in [-0.05, 0) is 48.4 Å². The third-order valence-electron chi connectivity index (χ3n) is 2.92. The molecular formula is C17H15NO2. The van der Waals surface area contributed by atoms with Crippen LogP contribution in [0.25, 0.3) is 0 Å². The van der Waals surface area contributed by atoms with Gasteiger partial charge in [0, 0.05) is 0 Å². The first-order chi connectivity index (χ1) is 9.72. The second-order valence-electron chi connectivity index (χ2n) is 4.47. The van der Waals surface area contributed by atoms with E-state index in [1.165, 1.54) is 5.56 Å². The lowest BCUT2D eigenvalue weighted by atomic mass is 10.1. The summed E-state index contributed by atoms with van der Waals surface area (Å²) in [6, 6.07) is 15.9. The molecule has 0 atom stereocenters. The zero-order valence-corrected chi connectivity index (χ0v) is 11.3. The van der Waals surface area contributed by atoms with Crippen LogP contribution in [0.15, 0.2) is 48.5 Å². The highest BCUT2D eigenvalue weighted by Gasteiger charge is 2.08. The van der Waals surface area contributed by atoms with Crippen molar-refractivity contribution in [1.82, 2.24) is 0 Å². The molecule has 0 saturated carbocycles. The van der Waals surface area contributed by atoms with Crippen molar-refractivity contribution in [2.45, 2.75) is 19.8 Å². The van der Waals surface area contributed by atoms with E-state index in [0.29, 0.717) is 16.9 Å². The molecule has 0 N–H and O–H groups in total. The fourth-order valence-electron chi connectivity index (χ4n) is 1.86. The van der Waals surface area contributed by atoms with Crippen molar-refractivity contribution in [3.63, 3.8) is 0 Å². The van der Waals surface area contributed by atoms with Gasteiger partial charge in [-0.3, -0.25) is 0 Å². The van der Waals surface area contributed by atoms with Gasteiger partial charge in [0.1, 0.15) is 5.75 Å². The summed E-state index contributed by atoms with van der Waals surface area (Å²) in [5.74, 6) is 0.108. The molecule has 0 saturated heterocycles. The molecule has 100 valence electrons. The van der Waals surface area contributed by atoms with Gasteiger partial charge in [0.15, 0.2) is 0 Å². The number of benzene rings is 2. The molecule has 0 unspecified atom stereocenters. The predicted molar refractivity (Wildman–Crippen MR) is 76.6 cm³/mol. The Kier molecular flexibility index (Phi) is 4.52. The molecular weight excluding hydrogens is 250 g/mol. The number of ether oxygens (including phenoxy) is 1. The second-order valence-corrected chi connectivity index (χ2v) is 4.47. The van der Waals surface area contributed by atoms with Crippen LogP contribution in [0.1, 0.15) is 34.8 Å². The van der Waals surface area contributed by atoms with Crippen LogP contribution in [-0.4, -0.2) is 5.97 Å². The van der Waals surface area contributed by atoms with E-state index in [1.54, 1.807) is 36.4 Å². The van der Waals surface area contributed by atoms with Gasteiger partial charge < -0.3 is 4.74 Å². The van der Waals surface area contributed by atoms with Crippen LogP contribution in [0.4, 0.5) is 0 Å². The lowest BCUT2D eigenvalue weighted by Gasteiger charge is -2.05. The molecule has 0 amide bonds. The maximum Gasteiger partial charge on any atom is 0.343 e. The minimum Gasteiger partial charge on any atom is -0.423 e. The summed E-state index contributed by atoms with van der Waals surface area (Å²) in [7, 11) is 0. The molecule has 0 radical (unpaired) electrons. The van der Waals surface area contributed by atoms with Gasteiger partial charge >= 0.3 is 5.97 Å². The van der Waals surface area contributed by atoms with Crippen LogP contribution in [0.5, 0.6) is 5.75 Å². The molecule has 3 nitrogen and oxygen atoms in total. The Labute approximate surface area is 118 Å². The zero-order chi connectivity index (χ0) is 14.4. The number of esters is 1. The molecule has 0 aliphatic heterocycles. The molecule has 0 bridgehead atoms. The SMILES string of the molecule is CCCc1ccc(OC(=O)c2ccc(C#N)cc2)cc1. The van der Waals surface area contributed by atoms with Crippen LogP contribution >= 0.6 is 0 Å². The Bertz CT molecular complexity index is 622. The third-order valence-corrected chi connectivity index (χ3v) is 2.92. The van der Waals surface area contributed by atoms with Crippen molar-refractivity contribution in [2.24, 2.45) is 0 Å². The minimum atomic E-state index is -0.419.